The van der Waals surface area contributed by atoms with Crippen molar-refractivity contribution in [2.45, 2.75) is 0 Å². The van der Waals surface area contributed by atoms with Gasteiger partial charge in [-0.3, -0.25) is 0 Å². The molecule has 0 amide bonds. The van der Waals surface area contributed by atoms with Gasteiger partial charge in [-0.25, -0.2) is 14.4 Å². The Morgan fingerprint density at radius 3 is 2.61 bits per heavy atom. The Labute approximate surface area is 145 Å². The van der Waals surface area contributed by atoms with E-state index in [4.69, 9.17) is 14.7 Å². The third-order valence-corrected chi connectivity index (χ3v) is 5.66. The average molecular weight is 394 g/mol. The molecular formula is C16H13BrFN3OS. The molecule has 0 spiro atoms. The maximum Gasteiger partial charge on any atom is 0.226 e. The number of anilines is 1. The van der Waals surface area contributed by atoms with E-state index < -0.39 is 0 Å². The van der Waals surface area contributed by atoms with Gasteiger partial charge in [-0.05, 0) is 40.2 Å². The predicted octanol–water partition coefficient (Wildman–Crippen LogP) is 4.10. The SMILES string of the molecule is Fc1ccc(-c2nc(N3CCOCC3)nc3c(Br)csc23)cc1. The second-order valence-corrected chi connectivity index (χ2v) is 6.97. The number of fused-ring (bicyclic) bond motifs is 1. The molecule has 1 aliphatic heterocycles. The molecule has 0 saturated carbocycles. The van der Waals surface area contributed by atoms with Crippen molar-refractivity contribution in [2.75, 3.05) is 31.2 Å². The highest BCUT2D eigenvalue weighted by Gasteiger charge is 2.19. The van der Waals surface area contributed by atoms with Gasteiger partial charge in [0.15, 0.2) is 0 Å². The van der Waals surface area contributed by atoms with Crippen LogP contribution < -0.4 is 4.90 Å². The van der Waals surface area contributed by atoms with E-state index in [1.807, 2.05) is 5.38 Å². The van der Waals surface area contributed by atoms with Gasteiger partial charge in [0.05, 0.1) is 28.1 Å². The molecule has 3 aromatic rings. The third-order valence-electron chi connectivity index (χ3n) is 3.77. The minimum atomic E-state index is -0.250. The molecule has 1 aliphatic rings. The van der Waals surface area contributed by atoms with Gasteiger partial charge < -0.3 is 9.64 Å². The second-order valence-electron chi connectivity index (χ2n) is 5.24. The fourth-order valence-electron chi connectivity index (χ4n) is 2.59. The third kappa shape index (κ3) is 2.84. The van der Waals surface area contributed by atoms with Gasteiger partial charge in [0.1, 0.15) is 11.3 Å². The first kappa shape index (κ1) is 15.0. The minimum Gasteiger partial charge on any atom is -0.378 e. The molecule has 0 atom stereocenters. The summed E-state index contributed by atoms with van der Waals surface area (Å²) in [6.45, 7) is 2.91. The number of aromatic nitrogens is 2. The van der Waals surface area contributed by atoms with E-state index >= 15 is 0 Å². The molecule has 1 fully saturated rings. The predicted molar refractivity (Wildman–Crippen MR) is 93.5 cm³/mol. The minimum absolute atomic E-state index is 0.250. The number of thiophene rings is 1. The standard InChI is InChI=1S/C16H13BrFN3OS/c17-12-9-23-15-13(10-1-3-11(18)4-2-10)19-16(20-14(12)15)21-5-7-22-8-6-21/h1-4,9H,5-8H2. The molecule has 1 saturated heterocycles. The molecule has 118 valence electrons. The Balaban J connectivity index is 1.89. The van der Waals surface area contributed by atoms with Crippen LogP contribution in [0.1, 0.15) is 0 Å². The summed E-state index contributed by atoms with van der Waals surface area (Å²) in [5.41, 5.74) is 2.63. The van der Waals surface area contributed by atoms with E-state index in [9.17, 15) is 4.39 Å². The Bertz CT molecular complexity index is 846. The molecule has 1 aromatic carbocycles. The first-order valence-corrected chi connectivity index (χ1v) is 8.93. The number of ether oxygens (including phenoxy) is 1. The molecule has 7 heteroatoms. The van der Waals surface area contributed by atoms with Crippen LogP contribution in [0.15, 0.2) is 34.1 Å². The number of morpholine rings is 1. The summed E-state index contributed by atoms with van der Waals surface area (Å²) in [5, 5.41) is 2.01. The number of halogens is 2. The topological polar surface area (TPSA) is 38.2 Å². The van der Waals surface area contributed by atoms with Crippen molar-refractivity contribution in [3.63, 3.8) is 0 Å². The Hall–Kier alpha value is -1.57. The summed E-state index contributed by atoms with van der Waals surface area (Å²) in [5.74, 6) is 0.444. The molecule has 2 aromatic heterocycles. The first-order chi connectivity index (χ1) is 11.2. The van der Waals surface area contributed by atoms with Gasteiger partial charge >= 0.3 is 0 Å². The van der Waals surface area contributed by atoms with E-state index in [0.717, 1.165) is 39.0 Å². The van der Waals surface area contributed by atoms with Gasteiger partial charge in [-0.1, -0.05) is 0 Å². The molecule has 0 bridgehead atoms. The van der Waals surface area contributed by atoms with Gasteiger partial charge in [-0.15, -0.1) is 11.3 Å². The number of rotatable bonds is 2. The summed E-state index contributed by atoms with van der Waals surface area (Å²) >= 11 is 5.15. The van der Waals surface area contributed by atoms with Gasteiger partial charge in [0, 0.05) is 24.0 Å². The van der Waals surface area contributed by atoms with Crippen LogP contribution in [0, 0.1) is 5.82 Å². The fourth-order valence-corrected chi connectivity index (χ4v) is 4.16. The van der Waals surface area contributed by atoms with E-state index in [1.165, 1.54) is 12.1 Å². The summed E-state index contributed by atoms with van der Waals surface area (Å²) in [6, 6.07) is 6.43. The van der Waals surface area contributed by atoms with E-state index in [-0.39, 0.29) is 5.82 Å². The van der Waals surface area contributed by atoms with Crippen molar-refractivity contribution in [2.24, 2.45) is 0 Å². The average Bonchev–Trinajstić information content (AvgIpc) is 2.97. The van der Waals surface area contributed by atoms with Gasteiger partial charge in [0.25, 0.3) is 0 Å². The van der Waals surface area contributed by atoms with Crippen molar-refractivity contribution >= 4 is 43.4 Å². The van der Waals surface area contributed by atoms with Crippen LogP contribution >= 0.6 is 27.3 Å². The Kier molecular flexibility index (Phi) is 4.00. The van der Waals surface area contributed by atoms with Gasteiger partial charge in [-0.2, -0.15) is 0 Å². The molecule has 0 N–H and O–H groups in total. The fraction of sp³-hybridized carbons (Fsp3) is 0.250. The van der Waals surface area contributed by atoms with Crippen LogP contribution in [0.25, 0.3) is 21.5 Å². The van der Waals surface area contributed by atoms with Crippen LogP contribution in [0.5, 0.6) is 0 Å². The lowest BCUT2D eigenvalue weighted by Crippen LogP contribution is -2.37. The van der Waals surface area contributed by atoms with Crippen LogP contribution in [-0.2, 0) is 4.74 Å². The van der Waals surface area contributed by atoms with Crippen molar-refractivity contribution in [1.82, 2.24) is 9.97 Å². The van der Waals surface area contributed by atoms with Crippen LogP contribution in [0.2, 0.25) is 0 Å². The lowest BCUT2D eigenvalue weighted by atomic mass is 10.1. The Morgan fingerprint density at radius 2 is 1.87 bits per heavy atom. The second kappa shape index (κ2) is 6.14. The molecular weight excluding hydrogens is 381 g/mol. The first-order valence-electron chi connectivity index (χ1n) is 7.26. The Morgan fingerprint density at radius 1 is 1.13 bits per heavy atom. The zero-order chi connectivity index (χ0) is 15.8. The molecule has 0 unspecified atom stereocenters. The summed E-state index contributed by atoms with van der Waals surface area (Å²) in [4.78, 5) is 11.6. The normalized spacial score (nSPS) is 15.3. The number of hydrogen-bond acceptors (Lipinski definition) is 5. The number of benzene rings is 1. The lowest BCUT2D eigenvalue weighted by molar-refractivity contribution is 0.122. The van der Waals surface area contributed by atoms with E-state index in [2.05, 4.69) is 20.8 Å². The van der Waals surface area contributed by atoms with Crippen molar-refractivity contribution < 1.29 is 9.13 Å². The quantitative estimate of drug-likeness (QED) is 0.656. The lowest BCUT2D eigenvalue weighted by Gasteiger charge is -2.27. The zero-order valence-electron chi connectivity index (χ0n) is 12.1. The highest BCUT2D eigenvalue weighted by molar-refractivity contribution is 9.10. The number of hydrogen-bond donors (Lipinski definition) is 0. The maximum atomic E-state index is 13.2. The van der Waals surface area contributed by atoms with Crippen molar-refractivity contribution in [3.8, 4) is 11.3 Å². The maximum absolute atomic E-state index is 13.2. The summed E-state index contributed by atoms with van der Waals surface area (Å²) in [6.07, 6.45) is 0. The highest BCUT2D eigenvalue weighted by Crippen LogP contribution is 2.36. The summed E-state index contributed by atoms with van der Waals surface area (Å²) in [7, 11) is 0. The molecule has 3 heterocycles. The monoisotopic (exact) mass is 393 g/mol. The molecule has 23 heavy (non-hydrogen) atoms. The van der Waals surface area contributed by atoms with Gasteiger partial charge in [0.2, 0.25) is 5.95 Å². The van der Waals surface area contributed by atoms with Crippen LogP contribution in [-0.4, -0.2) is 36.3 Å². The van der Waals surface area contributed by atoms with Crippen molar-refractivity contribution in [3.05, 3.63) is 39.9 Å². The van der Waals surface area contributed by atoms with E-state index in [1.54, 1.807) is 23.5 Å². The molecule has 4 nitrogen and oxygen atoms in total. The van der Waals surface area contributed by atoms with Crippen LogP contribution in [0.3, 0.4) is 0 Å². The molecule has 0 aliphatic carbocycles. The zero-order valence-corrected chi connectivity index (χ0v) is 14.5. The largest absolute Gasteiger partial charge is 0.378 e. The summed E-state index contributed by atoms with van der Waals surface area (Å²) < 4.78 is 20.6. The van der Waals surface area contributed by atoms with Crippen LogP contribution in [0.4, 0.5) is 10.3 Å². The molecule has 0 radical (unpaired) electrons. The smallest absolute Gasteiger partial charge is 0.226 e. The number of nitrogens with zero attached hydrogens (tertiary/aromatic N) is 3. The molecule has 4 rings (SSSR count). The van der Waals surface area contributed by atoms with E-state index in [0.29, 0.717) is 19.2 Å². The van der Waals surface area contributed by atoms with Crippen molar-refractivity contribution in [1.29, 1.82) is 0 Å². The highest BCUT2D eigenvalue weighted by atomic mass is 79.9.